The minimum absolute atomic E-state index is 0.207. The van der Waals surface area contributed by atoms with E-state index in [4.69, 9.17) is 4.74 Å². The highest BCUT2D eigenvalue weighted by Crippen LogP contribution is 2.38. The number of carbonyl (C=O) groups is 1. The number of nitrogens with zero attached hydrogens (tertiary/aromatic N) is 1. The Bertz CT molecular complexity index is 1240. The van der Waals surface area contributed by atoms with Crippen molar-refractivity contribution >= 4 is 39.4 Å². The van der Waals surface area contributed by atoms with E-state index >= 15 is 0 Å². The van der Waals surface area contributed by atoms with Crippen molar-refractivity contribution < 1.29 is 17.9 Å². The predicted octanol–water partition coefficient (Wildman–Crippen LogP) is 5.59. The minimum Gasteiger partial charge on any atom is -0.456 e. The van der Waals surface area contributed by atoms with Gasteiger partial charge in [0.2, 0.25) is 0 Å². The number of amides is 1. The molecule has 8 heteroatoms. The van der Waals surface area contributed by atoms with E-state index in [-0.39, 0.29) is 10.8 Å². The standard InChI is InChI=1S/C24H24N2O4S2/c1-5-17-13-18(24(27)26-22-12-7-16(3)15-25-22)14-21(23(17)31-6-2)30-19-8-10-20(11-9-19)32(4,28)29/h5,7-15H,1,6H2,2-4H3,(H,25,26,27). The number of hydrogen-bond acceptors (Lipinski definition) is 6. The number of aromatic nitrogens is 1. The predicted molar refractivity (Wildman–Crippen MR) is 129 cm³/mol. The number of benzene rings is 2. The molecule has 0 saturated heterocycles. The molecule has 0 aliphatic rings. The van der Waals surface area contributed by atoms with Gasteiger partial charge < -0.3 is 10.1 Å². The van der Waals surface area contributed by atoms with Crippen molar-refractivity contribution in [3.05, 3.63) is 78.0 Å². The molecule has 3 aromatic rings. The van der Waals surface area contributed by atoms with Crippen LogP contribution in [0.25, 0.3) is 6.08 Å². The van der Waals surface area contributed by atoms with E-state index in [1.807, 2.05) is 19.9 Å². The van der Waals surface area contributed by atoms with Crippen molar-refractivity contribution in [3.63, 3.8) is 0 Å². The molecule has 0 bridgehead atoms. The van der Waals surface area contributed by atoms with Gasteiger partial charge in [0.05, 0.1) is 9.79 Å². The zero-order valence-corrected chi connectivity index (χ0v) is 19.7. The third kappa shape index (κ3) is 5.77. The van der Waals surface area contributed by atoms with Crippen LogP contribution in [0.2, 0.25) is 0 Å². The van der Waals surface area contributed by atoms with Crippen molar-refractivity contribution in [2.75, 3.05) is 17.3 Å². The van der Waals surface area contributed by atoms with Crippen molar-refractivity contribution in [3.8, 4) is 11.5 Å². The van der Waals surface area contributed by atoms with E-state index in [9.17, 15) is 13.2 Å². The van der Waals surface area contributed by atoms with Gasteiger partial charge in [-0.1, -0.05) is 25.6 Å². The molecular formula is C24H24N2O4S2. The molecule has 32 heavy (non-hydrogen) atoms. The van der Waals surface area contributed by atoms with E-state index in [0.717, 1.165) is 28.0 Å². The van der Waals surface area contributed by atoms with Gasteiger partial charge in [-0.05, 0) is 66.3 Å². The van der Waals surface area contributed by atoms with Crippen LogP contribution >= 0.6 is 11.8 Å². The highest BCUT2D eigenvalue weighted by molar-refractivity contribution is 7.99. The molecule has 1 amide bonds. The summed E-state index contributed by atoms with van der Waals surface area (Å²) in [5.41, 5.74) is 2.16. The molecule has 1 aromatic heterocycles. The Kier molecular flexibility index (Phi) is 7.37. The Hall–Kier alpha value is -3.10. The van der Waals surface area contributed by atoms with Crippen LogP contribution in [0.3, 0.4) is 0 Å². The van der Waals surface area contributed by atoms with Gasteiger partial charge in [-0.2, -0.15) is 0 Å². The molecule has 6 nitrogen and oxygen atoms in total. The Labute approximate surface area is 192 Å². The summed E-state index contributed by atoms with van der Waals surface area (Å²) in [5, 5.41) is 2.79. The SMILES string of the molecule is C=Cc1cc(C(=O)Nc2ccc(C)cn2)cc(Oc2ccc(S(C)(=O)=O)cc2)c1SCC. The number of ether oxygens (including phenoxy) is 1. The highest BCUT2D eigenvalue weighted by Gasteiger charge is 2.17. The normalized spacial score (nSPS) is 11.1. The third-order valence-corrected chi connectivity index (χ3v) is 6.63. The lowest BCUT2D eigenvalue weighted by Crippen LogP contribution is -2.13. The first kappa shape index (κ1) is 23.6. The molecule has 3 rings (SSSR count). The van der Waals surface area contributed by atoms with Crippen LogP contribution in [0.15, 0.2) is 71.1 Å². The van der Waals surface area contributed by atoms with E-state index < -0.39 is 9.84 Å². The number of sulfone groups is 1. The van der Waals surface area contributed by atoms with Crippen LogP contribution in [-0.4, -0.2) is 31.3 Å². The second-order valence-corrected chi connectivity index (χ2v) is 10.3. The van der Waals surface area contributed by atoms with Crippen LogP contribution in [0, 0.1) is 6.92 Å². The minimum atomic E-state index is -3.30. The molecule has 0 atom stereocenters. The first-order valence-corrected chi connectivity index (χ1v) is 12.7. The lowest BCUT2D eigenvalue weighted by Gasteiger charge is -2.15. The lowest BCUT2D eigenvalue weighted by molar-refractivity contribution is 0.102. The summed E-state index contributed by atoms with van der Waals surface area (Å²) in [6, 6.07) is 13.2. The first-order chi connectivity index (χ1) is 15.2. The molecular weight excluding hydrogens is 444 g/mol. The molecule has 1 N–H and O–H groups in total. The summed E-state index contributed by atoms with van der Waals surface area (Å²) in [7, 11) is -3.30. The number of anilines is 1. The first-order valence-electron chi connectivity index (χ1n) is 9.86. The Balaban J connectivity index is 1.96. The van der Waals surface area contributed by atoms with Gasteiger partial charge in [0.15, 0.2) is 9.84 Å². The average molecular weight is 469 g/mol. The molecule has 166 valence electrons. The molecule has 0 saturated carbocycles. The number of nitrogens with one attached hydrogen (secondary N) is 1. The number of aryl methyl sites for hydroxylation is 1. The molecule has 0 fully saturated rings. The van der Waals surface area contributed by atoms with Gasteiger partial charge in [0.1, 0.15) is 17.3 Å². The van der Waals surface area contributed by atoms with Crippen molar-refractivity contribution in [2.45, 2.75) is 23.6 Å². The van der Waals surface area contributed by atoms with E-state index in [1.165, 1.54) is 12.1 Å². The molecule has 2 aromatic carbocycles. The van der Waals surface area contributed by atoms with Crippen LogP contribution in [0.5, 0.6) is 11.5 Å². The summed E-state index contributed by atoms with van der Waals surface area (Å²) < 4.78 is 29.5. The molecule has 0 spiro atoms. The second kappa shape index (κ2) is 10.0. The van der Waals surface area contributed by atoms with Gasteiger partial charge in [-0.25, -0.2) is 13.4 Å². The van der Waals surface area contributed by atoms with Crippen molar-refractivity contribution in [2.24, 2.45) is 0 Å². The maximum absolute atomic E-state index is 12.9. The third-order valence-electron chi connectivity index (χ3n) is 4.49. The van der Waals surface area contributed by atoms with E-state index in [0.29, 0.717) is 22.9 Å². The van der Waals surface area contributed by atoms with Crippen LogP contribution in [0.1, 0.15) is 28.4 Å². The monoisotopic (exact) mass is 468 g/mol. The second-order valence-electron chi connectivity index (χ2n) is 7.05. The number of thioether (sulfide) groups is 1. The van der Waals surface area contributed by atoms with Gasteiger partial charge >= 0.3 is 0 Å². The van der Waals surface area contributed by atoms with Gasteiger partial charge in [0, 0.05) is 18.0 Å². The Morgan fingerprint density at radius 1 is 1.19 bits per heavy atom. The largest absolute Gasteiger partial charge is 0.456 e. The zero-order valence-electron chi connectivity index (χ0n) is 18.1. The van der Waals surface area contributed by atoms with Crippen LogP contribution < -0.4 is 10.1 Å². The van der Waals surface area contributed by atoms with Crippen LogP contribution in [-0.2, 0) is 9.84 Å². The summed E-state index contributed by atoms with van der Waals surface area (Å²) in [6.45, 7) is 7.82. The molecule has 1 heterocycles. The maximum Gasteiger partial charge on any atom is 0.256 e. The summed E-state index contributed by atoms with van der Waals surface area (Å²) in [6.07, 6.45) is 4.51. The van der Waals surface area contributed by atoms with E-state index in [1.54, 1.807) is 54.4 Å². The van der Waals surface area contributed by atoms with Crippen molar-refractivity contribution in [1.29, 1.82) is 0 Å². The number of pyridine rings is 1. The number of hydrogen-bond donors (Lipinski definition) is 1. The Morgan fingerprint density at radius 3 is 2.47 bits per heavy atom. The smallest absolute Gasteiger partial charge is 0.256 e. The average Bonchev–Trinajstić information content (AvgIpc) is 2.76. The molecule has 0 unspecified atom stereocenters. The number of rotatable bonds is 8. The summed E-state index contributed by atoms with van der Waals surface area (Å²) in [5.74, 6) is 1.87. The molecule has 0 radical (unpaired) electrons. The Morgan fingerprint density at radius 2 is 1.91 bits per heavy atom. The summed E-state index contributed by atoms with van der Waals surface area (Å²) in [4.78, 5) is 18.2. The fourth-order valence-electron chi connectivity index (χ4n) is 2.89. The highest BCUT2D eigenvalue weighted by atomic mass is 32.2. The fourth-order valence-corrected chi connectivity index (χ4v) is 4.36. The molecule has 0 aliphatic carbocycles. The van der Waals surface area contributed by atoms with Gasteiger partial charge in [-0.3, -0.25) is 4.79 Å². The zero-order chi connectivity index (χ0) is 23.3. The van der Waals surface area contributed by atoms with Crippen LogP contribution in [0.4, 0.5) is 5.82 Å². The topological polar surface area (TPSA) is 85.4 Å². The van der Waals surface area contributed by atoms with E-state index in [2.05, 4.69) is 16.9 Å². The lowest BCUT2D eigenvalue weighted by atomic mass is 10.1. The maximum atomic E-state index is 12.9. The van der Waals surface area contributed by atoms with Gasteiger partial charge in [0.25, 0.3) is 5.91 Å². The fraction of sp³-hybridized carbons (Fsp3) is 0.167. The summed E-state index contributed by atoms with van der Waals surface area (Å²) >= 11 is 1.57. The van der Waals surface area contributed by atoms with Crippen molar-refractivity contribution in [1.82, 2.24) is 4.98 Å². The van der Waals surface area contributed by atoms with Gasteiger partial charge in [-0.15, -0.1) is 11.8 Å². The number of carbonyl (C=O) groups excluding carboxylic acids is 1. The quantitative estimate of drug-likeness (QED) is 0.434. The molecule has 0 aliphatic heterocycles.